The van der Waals surface area contributed by atoms with Gasteiger partial charge in [-0.1, -0.05) is 6.07 Å². The van der Waals surface area contributed by atoms with Crippen molar-refractivity contribution in [2.24, 2.45) is 0 Å². The largest absolute Gasteiger partial charge is 0.465 e. The Bertz CT molecular complexity index is 972. The van der Waals surface area contributed by atoms with E-state index in [9.17, 15) is 19.7 Å². The van der Waals surface area contributed by atoms with Gasteiger partial charge in [-0.3, -0.25) is 14.9 Å². The number of hydrogen-bond donors (Lipinski definition) is 0. The summed E-state index contributed by atoms with van der Waals surface area (Å²) in [4.78, 5) is 38.7. The molecule has 0 aliphatic carbocycles. The normalized spacial score (nSPS) is 10.7. The van der Waals surface area contributed by atoms with Crippen molar-refractivity contribution in [2.45, 2.75) is 6.54 Å². The summed E-state index contributed by atoms with van der Waals surface area (Å²) in [6.07, 6.45) is 4.58. The summed E-state index contributed by atoms with van der Waals surface area (Å²) in [6, 6.07) is 6.35. The Labute approximate surface area is 134 Å². The van der Waals surface area contributed by atoms with Crippen LogP contribution in [0, 0.1) is 10.1 Å². The fraction of sp³-hybridized carbons (Fsp3) is 0.133. The third kappa shape index (κ3) is 2.74. The number of methoxy groups -OCH3 is 1. The number of ether oxygens (including phenoxy) is 1. The molecule has 122 valence electrons. The lowest BCUT2D eigenvalue weighted by atomic mass is 10.2. The van der Waals surface area contributed by atoms with Crippen LogP contribution in [0.3, 0.4) is 0 Å². The maximum absolute atomic E-state index is 12.4. The van der Waals surface area contributed by atoms with Crippen LogP contribution in [-0.4, -0.2) is 32.0 Å². The number of nitro groups is 1. The van der Waals surface area contributed by atoms with Gasteiger partial charge in [-0.05, 0) is 12.1 Å². The molecule has 3 aromatic rings. The maximum atomic E-state index is 12.4. The molecular formula is C15H12N4O5. The Morgan fingerprint density at radius 1 is 1.38 bits per heavy atom. The summed E-state index contributed by atoms with van der Waals surface area (Å²) >= 11 is 0. The summed E-state index contributed by atoms with van der Waals surface area (Å²) in [6.45, 7) is -0.00775. The Kier molecular flexibility index (Phi) is 3.82. The molecule has 0 N–H and O–H groups in total. The quantitative estimate of drug-likeness (QED) is 0.405. The van der Waals surface area contributed by atoms with Gasteiger partial charge in [-0.2, -0.15) is 0 Å². The van der Waals surface area contributed by atoms with Gasteiger partial charge in [0.2, 0.25) is 0 Å². The van der Waals surface area contributed by atoms with E-state index in [0.29, 0.717) is 11.3 Å². The highest BCUT2D eigenvalue weighted by molar-refractivity contribution is 5.89. The average molecular weight is 328 g/mol. The van der Waals surface area contributed by atoms with Crippen LogP contribution < -0.4 is 5.56 Å². The van der Waals surface area contributed by atoms with E-state index in [4.69, 9.17) is 0 Å². The monoisotopic (exact) mass is 328 g/mol. The first-order valence-electron chi connectivity index (χ1n) is 6.89. The Morgan fingerprint density at radius 3 is 2.83 bits per heavy atom. The van der Waals surface area contributed by atoms with Gasteiger partial charge in [-0.15, -0.1) is 0 Å². The smallest absolute Gasteiger partial charge is 0.343 e. The fourth-order valence-corrected chi connectivity index (χ4v) is 2.33. The summed E-state index contributed by atoms with van der Waals surface area (Å²) < 4.78 is 7.35. The van der Waals surface area contributed by atoms with Crippen LogP contribution in [-0.2, 0) is 11.3 Å². The molecule has 24 heavy (non-hydrogen) atoms. The van der Waals surface area contributed by atoms with Crippen molar-refractivity contribution in [3.8, 4) is 0 Å². The predicted molar refractivity (Wildman–Crippen MR) is 83.0 cm³/mol. The van der Waals surface area contributed by atoms with E-state index in [1.807, 2.05) is 12.1 Å². The number of imidazole rings is 1. The van der Waals surface area contributed by atoms with E-state index in [2.05, 4.69) is 9.72 Å². The van der Waals surface area contributed by atoms with Gasteiger partial charge in [0.05, 0.1) is 30.5 Å². The van der Waals surface area contributed by atoms with Crippen LogP contribution >= 0.6 is 0 Å². The van der Waals surface area contributed by atoms with E-state index >= 15 is 0 Å². The van der Waals surface area contributed by atoms with Crippen molar-refractivity contribution in [1.29, 1.82) is 0 Å². The zero-order valence-corrected chi connectivity index (χ0v) is 12.6. The molecule has 0 unspecified atom stereocenters. The van der Waals surface area contributed by atoms with Crippen molar-refractivity contribution in [3.05, 3.63) is 74.6 Å². The average Bonchev–Trinajstić information content (AvgIpc) is 2.98. The molecule has 0 bridgehead atoms. The number of hydrogen-bond acceptors (Lipinski definition) is 6. The van der Waals surface area contributed by atoms with Gasteiger partial charge < -0.3 is 13.7 Å². The van der Waals surface area contributed by atoms with Crippen LogP contribution in [0.15, 0.2) is 47.7 Å². The van der Waals surface area contributed by atoms with Crippen LogP contribution in [0.5, 0.6) is 0 Å². The minimum atomic E-state index is -0.924. The number of pyridine rings is 2. The van der Waals surface area contributed by atoms with E-state index < -0.39 is 22.0 Å². The molecule has 0 spiro atoms. The first-order valence-corrected chi connectivity index (χ1v) is 6.89. The fourth-order valence-electron chi connectivity index (χ4n) is 2.33. The molecule has 3 heterocycles. The maximum Gasteiger partial charge on any atom is 0.343 e. The molecule has 3 rings (SSSR count). The van der Waals surface area contributed by atoms with Gasteiger partial charge in [0.25, 0.3) is 11.2 Å². The number of rotatable bonds is 4. The molecule has 0 radical (unpaired) electrons. The molecule has 0 amide bonds. The molecule has 9 heteroatoms. The second-order valence-corrected chi connectivity index (χ2v) is 4.99. The molecule has 9 nitrogen and oxygen atoms in total. The van der Waals surface area contributed by atoms with Gasteiger partial charge in [0.1, 0.15) is 11.2 Å². The number of fused-ring (bicyclic) bond motifs is 1. The van der Waals surface area contributed by atoms with E-state index in [1.165, 1.54) is 0 Å². The van der Waals surface area contributed by atoms with Crippen molar-refractivity contribution in [1.82, 2.24) is 14.0 Å². The number of carbonyl (C=O) groups is 1. The highest BCUT2D eigenvalue weighted by Crippen LogP contribution is 2.13. The number of nitrogens with zero attached hydrogens (tertiary/aromatic N) is 4. The lowest BCUT2D eigenvalue weighted by Gasteiger charge is -2.06. The van der Waals surface area contributed by atoms with Gasteiger partial charge in [0, 0.05) is 18.5 Å². The highest BCUT2D eigenvalue weighted by atomic mass is 16.6. The van der Waals surface area contributed by atoms with Crippen molar-refractivity contribution in [3.63, 3.8) is 0 Å². The molecule has 0 aliphatic rings. The summed E-state index contributed by atoms with van der Waals surface area (Å²) in [5, 5.41) is 11.0. The topological polar surface area (TPSA) is 109 Å². The molecular weight excluding hydrogens is 316 g/mol. The van der Waals surface area contributed by atoms with E-state index in [-0.39, 0.29) is 12.2 Å². The predicted octanol–water partition coefficient (Wildman–Crippen LogP) is 1.24. The van der Waals surface area contributed by atoms with E-state index in [0.717, 1.165) is 23.9 Å². The van der Waals surface area contributed by atoms with Gasteiger partial charge >= 0.3 is 5.97 Å². The Morgan fingerprint density at radius 2 is 2.17 bits per heavy atom. The van der Waals surface area contributed by atoms with Crippen LogP contribution in [0.25, 0.3) is 5.65 Å². The van der Waals surface area contributed by atoms with E-state index in [1.54, 1.807) is 22.9 Å². The zero-order valence-electron chi connectivity index (χ0n) is 12.6. The molecule has 0 saturated carbocycles. The van der Waals surface area contributed by atoms with Gasteiger partial charge in [-0.25, -0.2) is 9.78 Å². The van der Waals surface area contributed by atoms with Crippen LogP contribution in [0.1, 0.15) is 16.1 Å². The Hall–Kier alpha value is -3.49. The summed E-state index contributed by atoms with van der Waals surface area (Å²) in [7, 11) is 1.10. The highest BCUT2D eigenvalue weighted by Gasteiger charge is 2.20. The van der Waals surface area contributed by atoms with Gasteiger partial charge in [0.15, 0.2) is 0 Å². The zero-order chi connectivity index (χ0) is 17.3. The number of carbonyl (C=O) groups excluding carboxylic acids is 1. The molecule has 0 aliphatic heterocycles. The van der Waals surface area contributed by atoms with Crippen LogP contribution in [0.4, 0.5) is 5.69 Å². The molecule has 0 fully saturated rings. The Balaban J connectivity index is 2.08. The van der Waals surface area contributed by atoms with Crippen LogP contribution in [0.2, 0.25) is 0 Å². The molecule has 0 saturated heterocycles. The standard InChI is InChI=1S/C15H12N4O5/c1-24-15(21)12-6-11(19(22)23)9-18(14(12)20)8-10-7-17-5-3-2-4-13(17)16-10/h2-7,9H,8H2,1H3. The minimum absolute atomic E-state index is 0.00775. The summed E-state index contributed by atoms with van der Waals surface area (Å²) in [5.74, 6) is -0.924. The minimum Gasteiger partial charge on any atom is -0.465 e. The third-order valence-corrected chi connectivity index (χ3v) is 3.43. The van der Waals surface area contributed by atoms with Crippen molar-refractivity contribution >= 4 is 17.3 Å². The lowest BCUT2D eigenvalue weighted by molar-refractivity contribution is -0.385. The first kappa shape index (κ1) is 15.4. The second kappa shape index (κ2) is 5.95. The first-order chi connectivity index (χ1) is 11.5. The molecule has 0 atom stereocenters. The molecule has 3 aromatic heterocycles. The lowest BCUT2D eigenvalue weighted by Crippen LogP contribution is -2.27. The summed E-state index contributed by atoms with van der Waals surface area (Å²) in [5.41, 5.74) is -0.238. The number of aromatic nitrogens is 3. The van der Waals surface area contributed by atoms with Crippen molar-refractivity contribution in [2.75, 3.05) is 7.11 Å². The number of esters is 1. The SMILES string of the molecule is COC(=O)c1cc([N+](=O)[O-])cn(Cc2cn3ccccc3n2)c1=O. The molecule has 0 aromatic carbocycles. The second-order valence-electron chi connectivity index (χ2n) is 4.99. The third-order valence-electron chi connectivity index (χ3n) is 3.43. The van der Waals surface area contributed by atoms with Crippen molar-refractivity contribution < 1.29 is 14.5 Å².